The number of carbonyl (C=O) groups excluding carboxylic acids is 1. The van der Waals surface area contributed by atoms with Crippen LogP contribution in [0.3, 0.4) is 0 Å². The number of hydrogen-bond acceptors (Lipinski definition) is 3. The molecule has 23 heavy (non-hydrogen) atoms. The van der Waals surface area contributed by atoms with E-state index in [2.05, 4.69) is 17.2 Å². The Bertz CT molecular complexity index is 560. The molecule has 2 N–H and O–H groups in total. The van der Waals surface area contributed by atoms with E-state index < -0.39 is 17.6 Å². The van der Waals surface area contributed by atoms with Crippen molar-refractivity contribution < 1.29 is 22.7 Å². The maximum absolute atomic E-state index is 12.8. The Morgan fingerprint density at radius 1 is 1.43 bits per heavy atom. The van der Waals surface area contributed by atoms with Crippen molar-refractivity contribution in [2.45, 2.75) is 6.18 Å². The second kappa shape index (κ2) is 8.21. The fraction of sp³-hybridized carbons (Fsp3) is 0.400. The summed E-state index contributed by atoms with van der Waals surface area (Å²) in [7, 11) is 0. The van der Waals surface area contributed by atoms with Gasteiger partial charge in [0.15, 0.2) is 0 Å². The Morgan fingerprint density at radius 3 is 2.65 bits per heavy atom. The Hall–Kier alpha value is -1.73. The van der Waals surface area contributed by atoms with E-state index in [0.717, 1.165) is 31.3 Å². The lowest BCUT2D eigenvalue weighted by molar-refractivity contribution is -0.137. The van der Waals surface area contributed by atoms with Crippen molar-refractivity contribution in [1.82, 2.24) is 10.6 Å². The second-order valence-electron chi connectivity index (χ2n) is 5.04. The molecule has 1 aromatic rings. The molecule has 128 valence electrons. The average Bonchev–Trinajstić information content (AvgIpc) is 2.42. The van der Waals surface area contributed by atoms with Crippen LogP contribution >= 0.6 is 12.4 Å². The predicted octanol–water partition coefficient (Wildman–Crippen LogP) is 2.64. The van der Waals surface area contributed by atoms with Crippen molar-refractivity contribution in [1.29, 1.82) is 0 Å². The number of nitrogens with one attached hydrogen (secondary N) is 2. The van der Waals surface area contributed by atoms with E-state index in [-0.39, 0.29) is 30.3 Å². The van der Waals surface area contributed by atoms with Crippen LogP contribution in [0.25, 0.3) is 0 Å². The number of alkyl halides is 3. The summed E-state index contributed by atoms with van der Waals surface area (Å²) >= 11 is 0. The van der Waals surface area contributed by atoms with Crippen molar-refractivity contribution in [3.05, 3.63) is 42.0 Å². The summed E-state index contributed by atoms with van der Waals surface area (Å²) in [6, 6.07) is 2.87. The number of carbonyl (C=O) groups is 1. The van der Waals surface area contributed by atoms with Crippen molar-refractivity contribution >= 4 is 18.3 Å². The Kier molecular flexibility index (Phi) is 6.90. The molecule has 0 unspecified atom stereocenters. The first kappa shape index (κ1) is 19.3. The summed E-state index contributed by atoms with van der Waals surface area (Å²) in [5.74, 6) is -0.151. The molecule has 0 spiro atoms. The summed E-state index contributed by atoms with van der Waals surface area (Å²) in [6.07, 6.45) is -3.05. The van der Waals surface area contributed by atoms with Gasteiger partial charge in [0.05, 0.1) is 11.1 Å². The molecule has 1 amide bonds. The molecular formula is C15H18ClF3N2O2. The van der Waals surface area contributed by atoms with Crippen LogP contribution in [0.4, 0.5) is 13.2 Å². The Balaban J connectivity index is 0.00000264. The third-order valence-corrected chi connectivity index (χ3v) is 3.33. The van der Waals surface area contributed by atoms with Crippen molar-refractivity contribution in [2.24, 2.45) is 5.92 Å². The van der Waals surface area contributed by atoms with Gasteiger partial charge in [-0.25, -0.2) is 0 Å². The summed E-state index contributed by atoms with van der Waals surface area (Å²) < 4.78 is 43.7. The van der Waals surface area contributed by atoms with Crippen LogP contribution in [-0.4, -0.2) is 32.1 Å². The van der Waals surface area contributed by atoms with Gasteiger partial charge >= 0.3 is 6.18 Å². The number of ether oxygens (including phenoxy) is 1. The highest BCUT2D eigenvalue weighted by molar-refractivity contribution is 5.97. The molecule has 1 aliphatic rings. The highest BCUT2D eigenvalue weighted by Crippen LogP contribution is 2.32. The summed E-state index contributed by atoms with van der Waals surface area (Å²) in [5, 5.41) is 5.70. The molecule has 4 nitrogen and oxygen atoms in total. The number of benzene rings is 1. The minimum Gasteiger partial charge on any atom is -0.489 e. The van der Waals surface area contributed by atoms with E-state index in [1.54, 1.807) is 0 Å². The summed E-state index contributed by atoms with van der Waals surface area (Å²) in [5.41, 5.74) is -1.00. The van der Waals surface area contributed by atoms with Gasteiger partial charge < -0.3 is 15.4 Å². The smallest absolute Gasteiger partial charge is 0.416 e. The van der Waals surface area contributed by atoms with Gasteiger partial charge in [0.25, 0.3) is 5.91 Å². The predicted molar refractivity (Wildman–Crippen MR) is 83.1 cm³/mol. The number of amides is 1. The van der Waals surface area contributed by atoms with Gasteiger partial charge in [-0.2, -0.15) is 13.2 Å². The van der Waals surface area contributed by atoms with Gasteiger partial charge in [0.1, 0.15) is 12.4 Å². The largest absolute Gasteiger partial charge is 0.489 e. The zero-order valence-electron chi connectivity index (χ0n) is 12.3. The topological polar surface area (TPSA) is 50.4 Å². The van der Waals surface area contributed by atoms with Crippen molar-refractivity contribution in [2.75, 3.05) is 26.2 Å². The molecule has 1 heterocycles. The van der Waals surface area contributed by atoms with Crippen LogP contribution in [0.1, 0.15) is 15.9 Å². The number of halogens is 4. The molecule has 2 rings (SSSR count). The fourth-order valence-electron chi connectivity index (χ4n) is 1.98. The Morgan fingerprint density at radius 2 is 2.13 bits per heavy atom. The first-order valence-corrected chi connectivity index (χ1v) is 6.85. The molecular weight excluding hydrogens is 333 g/mol. The molecule has 1 saturated heterocycles. The molecule has 1 aromatic carbocycles. The van der Waals surface area contributed by atoms with E-state index >= 15 is 0 Å². The SMILES string of the molecule is C=CCOc1ccc(C(F)(F)F)cc1C(=O)NCC1CNC1.Cl. The van der Waals surface area contributed by atoms with Crippen LogP contribution in [0.2, 0.25) is 0 Å². The molecule has 0 bridgehead atoms. The van der Waals surface area contributed by atoms with E-state index in [1.165, 1.54) is 6.08 Å². The lowest BCUT2D eigenvalue weighted by atomic mass is 10.0. The molecule has 0 radical (unpaired) electrons. The molecule has 0 aliphatic carbocycles. The van der Waals surface area contributed by atoms with Crippen LogP contribution < -0.4 is 15.4 Å². The zero-order chi connectivity index (χ0) is 16.2. The van der Waals surface area contributed by atoms with E-state index in [9.17, 15) is 18.0 Å². The summed E-state index contributed by atoms with van der Waals surface area (Å²) in [4.78, 5) is 12.1. The number of rotatable bonds is 6. The van der Waals surface area contributed by atoms with Gasteiger partial charge in [0.2, 0.25) is 0 Å². The molecule has 1 fully saturated rings. The fourth-order valence-corrected chi connectivity index (χ4v) is 1.98. The highest BCUT2D eigenvalue weighted by Gasteiger charge is 2.32. The van der Waals surface area contributed by atoms with Crippen molar-refractivity contribution in [3.63, 3.8) is 0 Å². The van der Waals surface area contributed by atoms with Crippen LogP contribution in [0, 0.1) is 5.92 Å². The highest BCUT2D eigenvalue weighted by atomic mass is 35.5. The maximum Gasteiger partial charge on any atom is 0.416 e. The van der Waals surface area contributed by atoms with Crippen molar-refractivity contribution in [3.8, 4) is 5.75 Å². The normalized spacial score (nSPS) is 14.4. The van der Waals surface area contributed by atoms with Gasteiger partial charge in [-0.1, -0.05) is 12.7 Å². The zero-order valence-corrected chi connectivity index (χ0v) is 13.1. The first-order chi connectivity index (χ1) is 10.4. The average molecular weight is 351 g/mol. The quantitative estimate of drug-likeness (QED) is 0.775. The van der Waals surface area contributed by atoms with Gasteiger partial charge in [-0.3, -0.25) is 4.79 Å². The standard InChI is InChI=1S/C15H17F3N2O2.ClH/c1-2-5-22-13-4-3-11(15(16,17)18)6-12(13)14(21)20-9-10-7-19-8-10;/h2-4,6,10,19H,1,5,7-9H2,(H,20,21);1H. The first-order valence-electron chi connectivity index (χ1n) is 6.85. The monoisotopic (exact) mass is 350 g/mol. The maximum atomic E-state index is 12.8. The lowest BCUT2D eigenvalue weighted by Crippen LogP contribution is -2.48. The third-order valence-electron chi connectivity index (χ3n) is 3.33. The van der Waals surface area contributed by atoms with Gasteiger partial charge in [-0.15, -0.1) is 12.4 Å². The minimum absolute atomic E-state index is 0. The lowest BCUT2D eigenvalue weighted by Gasteiger charge is -2.27. The van der Waals surface area contributed by atoms with Gasteiger partial charge in [0, 0.05) is 25.6 Å². The molecule has 0 atom stereocenters. The number of hydrogen-bond donors (Lipinski definition) is 2. The molecule has 8 heteroatoms. The molecule has 0 saturated carbocycles. The third kappa shape index (κ3) is 5.14. The van der Waals surface area contributed by atoms with E-state index in [1.807, 2.05) is 0 Å². The van der Waals surface area contributed by atoms with Crippen LogP contribution in [0.5, 0.6) is 5.75 Å². The Labute approximate surface area is 138 Å². The second-order valence-corrected chi connectivity index (χ2v) is 5.04. The molecule has 0 aromatic heterocycles. The van der Waals surface area contributed by atoms with Gasteiger partial charge in [-0.05, 0) is 18.2 Å². The minimum atomic E-state index is -4.51. The molecule has 1 aliphatic heterocycles. The van der Waals surface area contributed by atoms with Crippen LogP contribution in [-0.2, 0) is 6.18 Å². The van der Waals surface area contributed by atoms with Crippen LogP contribution in [0.15, 0.2) is 30.9 Å². The van der Waals surface area contributed by atoms with E-state index in [0.29, 0.717) is 12.5 Å². The van der Waals surface area contributed by atoms with E-state index in [4.69, 9.17) is 4.74 Å². The summed E-state index contributed by atoms with van der Waals surface area (Å²) in [6.45, 7) is 5.59.